The van der Waals surface area contributed by atoms with E-state index in [4.69, 9.17) is 9.47 Å². The summed E-state index contributed by atoms with van der Waals surface area (Å²) < 4.78 is 12.8. The van der Waals surface area contributed by atoms with Crippen LogP contribution in [0.2, 0.25) is 0 Å². The Morgan fingerprint density at radius 1 is 0.812 bits per heavy atom. The molecule has 182 valence electrons. The van der Waals surface area contributed by atoms with Crippen LogP contribution in [0.1, 0.15) is 66.2 Å². The predicted octanol–water partition coefficient (Wildman–Crippen LogP) is 3.64. The summed E-state index contributed by atoms with van der Waals surface area (Å²) in [5.41, 5.74) is 0. The molecule has 0 aromatic carbocycles. The van der Waals surface area contributed by atoms with E-state index in [0.717, 1.165) is 12.8 Å². The van der Waals surface area contributed by atoms with Crippen LogP contribution >= 0.6 is 0 Å². The third-order valence-electron chi connectivity index (χ3n) is 7.42. The van der Waals surface area contributed by atoms with Crippen LogP contribution in [0.15, 0.2) is 25.3 Å². The Morgan fingerprint density at radius 3 is 1.47 bits per heavy atom. The molecular weight excluding hydrogens is 408 g/mol. The summed E-state index contributed by atoms with van der Waals surface area (Å²) in [5.74, 6) is -0.697. The van der Waals surface area contributed by atoms with Gasteiger partial charge in [-0.25, -0.2) is 0 Å². The van der Waals surface area contributed by atoms with Gasteiger partial charge in [0.25, 0.3) is 0 Å². The van der Waals surface area contributed by atoms with E-state index in [1.54, 1.807) is 26.0 Å². The van der Waals surface area contributed by atoms with E-state index in [9.17, 15) is 19.8 Å². The molecule has 0 radical (unpaired) electrons. The van der Waals surface area contributed by atoms with Gasteiger partial charge in [-0.1, -0.05) is 39.8 Å². The highest BCUT2D eigenvalue weighted by atomic mass is 16.6. The number of hydrogen-bond acceptors (Lipinski definition) is 6. The molecule has 0 aliphatic carbocycles. The molecule has 2 fully saturated rings. The van der Waals surface area contributed by atoms with Gasteiger partial charge in [0.2, 0.25) is 0 Å². The van der Waals surface area contributed by atoms with E-state index in [1.165, 1.54) is 0 Å². The van der Waals surface area contributed by atoms with Crippen molar-refractivity contribution in [2.24, 2.45) is 23.7 Å². The zero-order valence-corrected chi connectivity index (χ0v) is 20.1. The molecule has 2 N–H and O–H groups in total. The fourth-order valence-corrected chi connectivity index (χ4v) is 4.98. The average Bonchev–Trinajstić information content (AvgIpc) is 2.78. The zero-order valence-electron chi connectivity index (χ0n) is 20.1. The molecule has 2 rings (SSSR count). The van der Waals surface area contributed by atoms with Crippen molar-refractivity contribution < 1.29 is 29.3 Å². The Kier molecular flexibility index (Phi) is 10.3. The molecule has 2 heterocycles. The Hall–Kier alpha value is -1.34. The van der Waals surface area contributed by atoms with Gasteiger partial charge in [-0.3, -0.25) is 9.59 Å². The molecule has 0 spiro atoms. The molecular formula is C26H42O6. The maximum Gasteiger partial charge on any atom is 0.142 e. The molecule has 2 aliphatic rings. The summed E-state index contributed by atoms with van der Waals surface area (Å²) in [4.78, 5) is 24.5. The van der Waals surface area contributed by atoms with Gasteiger partial charge >= 0.3 is 0 Å². The molecule has 0 amide bonds. The summed E-state index contributed by atoms with van der Waals surface area (Å²) in [7, 11) is 0. The first-order valence-electron chi connectivity index (χ1n) is 12.1. The number of carbonyl (C=O) groups excluding carboxylic acids is 2. The number of aliphatic hydroxyl groups excluding tert-OH is 2. The lowest BCUT2D eigenvalue weighted by Crippen LogP contribution is -2.54. The van der Waals surface area contributed by atoms with Crippen molar-refractivity contribution in [1.29, 1.82) is 0 Å². The van der Waals surface area contributed by atoms with Crippen molar-refractivity contribution in [3.05, 3.63) is 25.3 Å². The third kappa shape index (κ3) is 6.37. The molecule has 0 aromatic rings. The number of aliphatic hydroxyl groups is 2. The molecule has 6 nitrogen and oxygen atoms in total. The van der Waals surface area contributed by atoms with Crippen molar-refractivity contribution in [3.8, 4) is 0 Å². The number of Topliss-reactive ketones (excluding diaryl/α,β-unsaturated/α-hetero) is 2. The van der Waals surface area contributed by atoms with Crippen molar-refractivity contribution in [2.45, 2.75) is 103 Å². The Labute approximate surface area is 193 Å². The van der Waals surface area contributed by atoms with Gasteiger partial charge < -0.3 is 19.7 Å². The fraction of sp³-hybridized carbons (Fsp3) is 0.769. The fourth-order valence-electron chi connectivity index (χ4n) is 4.98. The summed E-state index contributed by atoms with van der Waals surface area (Å²) in [6, 6.07) is 0. The molecule has 0 unspecified atom stereocenters. The SMILES string of the molecule is C=CCC(=O)[C@@H](C)[C@@H](O)[C@H]1CC[C@H](C)[C@@H]([C@H]2O[C@@H]([C@H](O)[C@H](C)C(=O)CC=C)CC[C@@H]2C)O1. The number of ether oxygens (including phenoxy) is 2. The van der Waals surface area contributed by atoms with Crippen LogP contribution in [0, 0.1) is 23.7 Å². The van der Waals surface area contributed by atoms with Gasteiger partial charge in [-0.2, -0.15) is 0 Å². The molecule has 0 aromatic heterocycles. The minimum Gasteiger partial charge on any atom is -0.390 e. The normalized spacial score (nSPS) is 34.7. The largest absolute Gasteiger partial charge is 0.390 e. The van der Waals surface area contributed by atoms with Crippen molar-refractivity contribution in [1.82, 2.24) is 0 Å². The number of rotatable bonds is 11. The van der Waals surface area contributed by atoms with E-state index < -0.39 is 36.3 Å². The van der Waals surface area contributed by atoms with Crippen LogP contribution in [-0.2, 0) is 19.1 Å². The highest BCUT2D eigenvalue weighted by Crippen LogP contribution is 2.38. The predicted molar refractivity (Wildman–Crippen MR) is 124 cm³/mol. The summed E-state index contributed by atoms with van der Waals surface area (Å²) in [6.07, 6.45) is 3.56. The van der Waals surface area contributed by atoms with Crippen LogP contribution in [0.25, 0.3) is 0 Å². The molecule has 10 atom stereocenters. The van der Waals surface area contributed by atoms with E-state index in [0.29, 0.717) is 12.8 Å². The lowest BCUT2D eigenvalue weighted by Gasteiger charge is -2.47. The first kappa shape index (κ1) is 26.9. The Balaban J connectivity index is 2.09. The van der Waals surface area contributed by atoms with Crippen LogP contribution in [0.5, 0.6) is 0 Å². The smallest absolute Gasteiger partial charge is 0.142 e. The molecule has 6 heteroatoms. The highest BCUT2D eigenvalue weighted by Gasteiger charge is 2.45. The van der Waals surface area contributed by atoms with Crippen LogP contribution < -0.4 is 0 Å². The van der Waals surface area contributed by atoms with E-state index >= 15 is 0 Å². The highest BCUT2D eigenvalue weighted by molar-refractivity contribution is 5.83. The second kappa shape index (κ2) is 12.2. The summed E-state index contributed by atoms with van der Waals surface area (Å²) in [5, 5.41) is 21.7. The van der Waals surface area contributed by atoms with Gasteiger partial charge in [0, 0.05) is 24.7 Å². The maximum atomic E-state index is 12.2. The lowest BCUT2D eigenvalue weighted by atomic mass is 9.79. The van der Waals surface area contributed by atoms with E-state index in [1.807, 2.05) is 0 Å². The zero-order chi connectivity index (χ0) is 24.0. The van der Waals surface area contributed by atoms with E-state index in [2.05, 4.69) is 27.0 Å². The second-order valence-electron chi connectivity index (χ2n) is 9.86. The first-order valence-corrected chi connectivity index (χ1v) is 12.1. The molecule has 0 saturated carbocycles. The van der Waals surface area contributed by atoms with Crippen molar-refractivity contribution in [2.75, 3.05) is 0 Å². The Morgan fingerprint density at radius 2 is 1.16 bits per heavy atom. The Bertz CT molecular complexity index is 605. The van der Waals surface area contributed by atoms with Gasteiger partial charge in [0.1, 0.15) is 11.6 Å². The van der Waals surface area contributed by atoms with Crippen LogP contribution in [-0.4, -0.2) is 58.4 Å². The van der Waals surface area contributed by atoms with Gasteiger partial charge in [-0.05, 0) is 37.5 Å². The third-order valence-corrected chi connectivity index (χ3v) is 7.42. The van der Waals surface area contributed by atoms with Crippen molar-refractivity contribution >= 4 is 11.6 Å². The van der Waals surface area contributed by atoms with Gasteiger partial charge in [0.05, 0.1) is 36.6 Å². The van der Waals surface area contributed by atoms with Crippen LogP contribution in [0.3, 0.4) is 0 Å². The number of allylic oxidation sites excluding steroid dienone is 2. The average molecular weight is 451 g/mol. The van der Waals surface area contributed by atoms with Crippen molar-refractivity contribution in [3.63, 3.8) is 0 Å². The minimum absolute atomic E-state index is 0.0464. The second-order valence-corrected chi connectivity index (χ2v) is 9.86. The lowest BCUT2D eigenvalue weighted by molar-refractivity contribution is -0.225. The molecule has 2 saturated heterocycles. The van der Waals surface area contributed by atoms with Crippen LogP contribution in [0.4, 0.5) is 0 Å². The number of ketones is 2. The number of carbonyl (C=O) groups is 2. The first-order chi connectivity index (χ1) is 15.1. The maximum absolute atomic E-state index is 12.2. The monoisotopic (exact) mass is 450 g/mol. The summed E-state index contributed by atoms with van der Waals surface area (Å²) in [6.45, 7) is 14.9. The minimum atomic E-state index is -0.880. The standard InChI is InChI=1S/C26H42O6/c1-7-9-19(27)17(5)23(29)21-13-11-15(3)25(31-21)26-16(4)12-14-22(32-26)24(30)18(6)20(28)10-8-2/h7-8,15-18,21-26,29-30H,1-2,9-14H2,3-6H3/t15-,16-,17+,18+,21+,22+,23+,24+,25-,26-/m0/s1. The number of hydrogen-bond donors (Lipinski definition) is 2. The quantitative estimate of drug-likeness (QED) is 0.467. The van der Waals surface area contributed by atoms with Gasteiger partial charge in [-0.15, -0.1) is 13.2 Å². The summed E-state index contributed by atoms with van der Waals surface area (Å²) >= 11 is 0. The molecule has 2 aliphatic heterocycles. The topological polar surface area (TPSA) is 93.1 Å². The van der Waals surface area contributed by atoms with Gasteiger partial charge in [0.15, 0.2) is 0 Å². The molecule has 32 heavy (non-hydrogen) atoms. The molecule has 0 bridgehead atoms. The van der Waals surface area contributed by atoms with E-state index in [-0.39, 0.29) is 48.5 Å².